The number of rotatable bonds is 6. The molecule has 29 heavy (non-hydrogen) atoms. The molecule has 0 spiro atoms. The van der Waals surface area contributed by atoms with Crippen molar-refractivity contribution >= 4 is 79.5 Å². The number of nitrogens with zero attached hydrogens (tertiary/aromatic N) is 4. The predicted octanol–water partition coefficient (Wildman–Crippen LogP) is 6.33. The monoisotopic (exact) mass is 486 g/mol. The Kier molecular flexibility index (Phi) is 7.19. The molecule has 0 unspecified atom stereocenters. The quantitative estimate of drug-likeness (QED) is 0.319. The molecule has 0 fully saturated rings. The highest BCUT2D eigenvalue weighted by atomic mass is 35.5. The zero-order valence-corrected chi connectivity index (χ0v) is 19.3. The van der Waals surface area contributed by atoms with Crippen LogP contribution in [0.5, 0.6) is 0 Å². The van der Waals surface area contributed by atoms with Crippen molar-refractivity contribution in [2.75, 3.05) is 11.4 Å². The molecule has 0 aliphatic carbocycles. The van der Waals surface area contributed by atoms with Crippen LogP contribution in [0.1, 0.15) is 21.7 Å². The first-order valence-electron chi connectivity index (χ1n) is 8.61. The van der Waals surface area contributed by atoms with Gasteiger partial charge < -0.3 is 4.57 Å². The van der Waals surface area contributed by atoms with Crippen LogP contribution in [0.4, 0.5) is 5.13 Å². The molecule has 5 nitrogen and oxygen atoms in total. The van der Waals surface area contributed by atoms with Crippen molar-refractivity contribution < 1.29 is 4.79 Å². The van der Waals surface area contributed by atoms with Crippen LogP contribution in [0.2, 0.25) is 9.36 Å². The Balaban J connectivity index is 0.00000240. The van der Waals surface area contributed by atoms with E-state index in [1.54, 1.807) is 29.6 Å². The molecule has 3 heterocycles. The minimum atomic E-state index is -0.102. The third kappa shape index (κ3) is 4.75. The van der Waals surface area contributed by atoms with Crippen molar-refractivity contribution in [1.82, 2.24) is 14.5 Å². The lowest BCUT2D eigenvalue weighted by molar-refractivity contribution is 0.0990. The number of carbonyl (C=O) groups is 1. The number of imidazole rings is 1. The summed E-state index contributed by atoms with van der Waals surface area (Å²) in [5.41, 5.74) is 1.87. The Morgan fingerprint density at radius 3 is 2.69 bits per heavy atom. The molecule has 4 rings (SSSR count). The number of anilines is 1. The summed E-state index contributed by atoms with van der Waals surface area (Å²) in [4.78, 5) is 24.3. The molecule has 152 valence electrons. The van der Waals surface area contributed by atoms with Crippen molar-refractivity contribution in [3.05, 3.63) is 62.8 Å². The summed E-state index contributed by atoms with van der Waals surface area (Å²) in [6.07, 6.45) is 6.19. The molecule has 10 heteroatoms. The zero-order valence-electron chi connectivity index (χ0n) is 15.3. The maximum atomic E-state index is 13.2. The van der Waals surface area contributed by atoms with E-state index >= 15 is 0 Å². The molecule has 0 saturated carbocycles. The minimum Gasteiger partial charge on any atom is -0.337 e. The molecule has 0 aliphatic heterocycles. The second-order valence-corrected chi connectivity index (χ2v) is 9.35. The van der Waals surface area contributed by atoms with E-state index in [1.165, 1.54) is 22.7 Å². The average Bonchev–Trinajstić information content (AvgIpc) is 3.42. The first kappa shape index (κ1) is 22.1. The summed E-state index contributed by atoms with van der Waals surface area (Å²) in [7, 11) is 0. The van der Waals surface area contributed by atoms with Crippen molar-refractivity contribution in [3.8, 4) is 0 Å². The SMILES string of the molecule is Cc1ccc(Cl)c2sc(N(CCCn3ccnc3)C(=O)c3ccc(Cl)s3)nc12.Cl. The number of benzene rings is 1. The molecule has 0 aliphatic rings. The highest BCUT2D eigenvalue weighted by molar-refractivity contribution is 7.23. The molecule has 4 aromatic rings. The van der Waals surface area contributed by atoms with Gasteiger partial charge in [0.15, 0.2) is 5.13 Å². The van der Waals surface area contributed by atoms with E-state index < -0.39 is 0 Å². The number of fused-ring (bicyclic) bond motifs is 1. The lowest BCUT2D eigenvalue weighted by atomic mass is 10.2. The number of aromatic nitrogens is 3. The molecule has 0 radical (unpaired) electrons. The number of thiazole rings is 1. The van der Waals surface area contributed by atoms with E-state index in [0.29, 0.717) is 25.9 Å². The molecular weight excluding hydrogens is 471 g/mol. The maximum Gasteiger partial charge on any atom is 0.270 e. The summed E-state index contributed by atoms with van der Waals surface area (Å²) in [5, 5.41) is 1.29. The number of carbonyl (C=O) groups excluding carboxylic acids is 1. The first-order valence-corrected chi connectivity index (χ1v) is 11.0. The van der Waals surface area contributed by atoms with Gasteiger partial charge in [-0.25, -0.2) is 9.97 Å². The van der Waals surface area contributed by atoms with Gasteiger partial charge in [-0.3, -0.25) is 9.69 Å². The highest BCUT2D eigenvalue weighted by Crippen LogP contribution is 2.36. The lowest BCUT2D eigenvalue weighted by Crippen LogP contribution is -2.31. The van der Waals surface area contributed by atoms with Gasteiger partial charge in [-0.2, -0.15) is 0 Å². The summed E-state index contributed by atoms with van der Waals surface area (Å²) in [6, 6.07) is 7.30. The molecule has 0 bridgehead atoms. The van der Waals surface area contributed by atoms with Gasteiger partial charge in [-0.05, 0) is 37.1 Å². The van der Waals surface area contributed by atoms with Gasteiger partial charge in [0, 0.05) is 25.5 Å². The van der Waals surface area contributed by atoms with Crippen LogP contribution >= 0.6 is 58.3 Å². The number of aryl methyl sites for hydroxylation is 2. The number of hydrogen-bond acceptors (Lipinski definition) is 5. The standard InChI is InChI=1S/C19H16Cl2N4OS2.ClH/c1-12-3-4-13(20)17-16(12)23-19(28-17)25(9-2-8-24-10-7-22-11-24)18(26)14-5-6-15(21)27-14;/h3-7,10-11H,2,8-9H2,1H3;1H. The van der Waals surface area contributed by atoms with Crippen LogP contribution < -0.4 is 4.90 Å². The first-order chi connectivity index (χ1) is 13.5. The van der Waals surface area contributed by atoms with Gasteiger partial charge in [0.1, 0.15) is 0 Å². The fourth-order valence-electron chi connectivity index (χ4n) is 2.88. The number of thiophene rings is 1. The fraction of sp³-hybridized carbons (Fsp3) is 0.211. The predicted molar refractivity (Wildman–Crippen MR) is 124 cm³/mol. The van der Waals surface area contributed by atoms with Gasteiger partial charge in [0.25, 0.3) is 5.91 Å². The largest absolute Gasteiger partial charge is 0.337 e. The van der Waals surface area contributed by atoms with Crippen LogP contribution in [0, 0.1) is 6.92 Å². The Morgan fingerprint density at radius 1 is 1.21 bits per heavy atom. The van der Waals surface area contributed by atoms with Crippen LogP contribution in [0.25, 0.3) is 10.2 Å². The third-order valence-corrected chi connectivity index (χ3v) is 7.06. The topological polar surface area (TPSA) is 51.0 Å². The van der Waals surface area contributed by atoms with Crippen molar-refractivity contribution in [3.63, 3.8) is 0 Å². The fourth-order valence-corrected chi connectivity index (χ4v) is 5.22. The third-order valence-electron chi connectivity index (χ3n) is 4.30. The molecule has 0 saturated heterocycles. The van der Waals surface area contributed by atoms with Gasteiger partial charge in [0.05, 0.1) is 30.8 Å². The molecular formula is C19H17Cl3N4OS2. The van der Waals surface area contributed by atoms with Gasteiger partial charge in [0.2, 0.25) is 0 Å². The molecule has 1 amide bonds. The second-order valence-electron chi connectivity index (χ2n) is 6.25. The summed E-state index contributed by atoms with van der Waals surface area (Å²) in [5.74, 6) is -0.102. The minimum absolute atomic E-state index is 0. The lowest BCUT2D eigenvalue weighted by Gasteiger charge is -2.19. The number of amides is 1. The van der Waals surface area contributed by atoms with E-state index in [1.807, 2.05) is 29.8 Å². The second kappa shape index (κ2) is 9.45. The summed E-state index contributed by atoms with van der Waals surface area (Å²) in [6.45, 7) is 3.29. The van der Waals surface area contributed by atoms with Crippen LogP contribution in [-0.4, -0.2) is 27.0 Å². The van der Waals surface area contributed by atoms with Crippen LogP contribution in [-0.2, 0) is 6.54 Å². The number of halogens is 3. The van der Waals surface area contributed by atoms with E-state index in [4.69, 9.17) is 28.2 Å². The van der Waals surface area contributed by atoms with E-state index in [2.05, 4.69) is 4.98 Å². The molecule has 0 atom stereocenters. The van der Waals surface area contributed by atoms with Gasteiger partial charge in [-0.15, -0.1) is 23.7 Å². The van der Waals surface area contributed by atoms with Gasteiger partial charge in [-0.1, -0.05) is 40.6 Å². The summed E-state index contributed by atoms with van der Waals surface area (Å²) >= 11 is 15.1. The van der Waals surface area contributed by atoms with Crippen LogP contribution in [0.15, 0.2) is 43.0 Å². The Morgan fingerprint density at radius 2 is 2.03 bits per heavy atom. The van der Waals surface area contributed by atoms with Crippen molar-refractivity contribution in [2.24, 2.45) is 0 Å². The highest BCUT2D eigenvalue weighted by Gasteiger charge is 2.23. The van der Waals surface area contributed by atoms with Gasteiger partial charge >= 0.3 is 0 Å². The Hall–Kier alpha value is -1.64. The molecule has 0 N–H and O–H groups in total. The maximum absolute atomic E-state index is 13.2. The van der Waals surface area contributed by atoms with E-state index in [9.17, 15) is 4.79 Å². The Labute approximate surface area is 192 Å². The number of hydrogen-bond donors (Lipinski definition) is 0. The Bertz CT molecular complexity index is 1090. The van der Waals surface area contributed by atoms with E-state index in [0.717, 1.165) is 28.7 Å². The van der Waals surface area contributed by atoms with Crippen molar-refractivity contribution in [1.29, 1.82) is 0 Å². The molecule has 3 aromatic heterocycles. The molecule has 1 aromatic carbocycles. The average molecular weight is 488 g/mol. The van der Waals surface area contributed by atoms with E-state index in [-0.39, 0.29) is 18.3 Å². The zero-order chi connectivity index (χ0) is 19.7. The summed E-state index contributed by atoms with van der Waals surface area (Å²) < 4.78 is 3.47. The van der Waals surface area contributed by atoms with Crippen LogP contribution in [0.3, 0.4) is 0 Å². The normalized spacial score (nSPS) is 10.9. The van der Waals surface area contributed by atoms with Crippen molar-refractivity contribution in [2.45, 2.75) is 19.9 Å². The smallest absolute Gasteiger partial charge is 0.270 e.